The maximum Gasteiger partial charge on any atom is 0.415 e. The maximum absolute atomic E-state index is 11.6. The molecule has 1 heterocycles. The number of ether oxygens (including phenoxy) is 1. The molecule has 1 unspecified atom stereocenters. The molecule has 0 spiro atoms. The molecular weight excluding hydrogens is 222 g/mol. The number of benzene rings is 1. The van der Waals surface area contributed by atoms with Crippen LogP contribution >= 0.6 is 0 Å². The first kappa shape index (κ1) is 11.4. The Labute approximate surface area is 98.6 Å². The number of carbonyl (C=O) groups is 2. The van der Waals surface area contributed by atoms with Crippen molar-refractivity contribution in [3.05, 3.63) is 29.8 Å². The first-order valence-corrected chi connectivity index (χ1v) is 5.23. The summed E-state index contributed by atoms with van der Waals surface area (Å²) in [5.41, 5.74) is 0.245. The Balaban J connectivity index is 2.27. The van der Waals surface area contributed by atoms with Gasteiger partial charge in [0.05, 0.1) is 6.54 Å². The average molecular weight is 235 g/mol. The Hall–Kier alpha value is -2.04. The lowest BCUT2D eigenvalue weighted by Crippen LogP contribution is -2.39. The molecule has 1 N–H and O–H groups in total. The van der Waals surface area contributed by atoms with Gasteiger partial charge in [-0.1, -0.05) is 17.7 Å². The molecule has 5 nitrogen and oxygen atoms in total. The standard InChI is InChI=1S/C12H13NO4/c1-8-3-5-9(6-4-8)13-7-12(2,10(14)15)17-11(13)16/h3-6H,7H2,1-2H3,(H,14,15). The van der Waals surface area contributed by atoms with Crippen LogP contribution in [0.25, 0.3) is 0 Å². The average Bonchev–Trinajstić information content (AvgIpc) is 2.57. The molecule has 2 rings (SSSR count). The van der Waals surface area contributed by atoms with E-state index in [1.807, 2.05) is 19.1 Å². The van der Waals surface area contributed by atoms with Crippen LogP contribution in [0.3, 0.4) is 0 Å². The van der Waals surface area contributed by atoms with E-state index >= 15 is 0 Å². The Kier molecular flexibility index (Phi) is 2.53. The summed E-state index contributed by atoms with van der Waals surface area (Å²) in [6, 6.07) is 7.26. The van der Waals surface area contributed by atoms with Gasteiger partial charge in [0.2, 0.25) is 5.60 Å². The van der Waals surface area contributed by atoms with E-state index in [4.69, 9.17) is 9.84 Å². The van der Waals surface area contributed by atoms with Crippen molar-refractivity contribution in [2.24, 2.45) is 0 Å². The SMILES string of the molecule is Cc1ccc(N2CC(C)(C(=O)O)OC2=O)cc1. The number of nitrogens with zero attached hydrogens (tertiary/aromatic N) is 1. The van der Waals surface area contributed by atoms with Gasteiger partial charge in [-0.05, 0) is 26.0 Å². The zero-order valence-corrected chi connectivity index (χ0v) is 9.64. The van der Waals surface area contributed by atoms with Crippen LogP contribution in [0.1, 0.15) is 12.5 Å². The summed E-state index contributed by atoms with van der Waals surface area (Å²) >= 11 is 0. The van der Waals surface area contributed by atoms with Gasteiger partial charge in [0, 0.05) is 5.69 Å². The van der Waals surface area contributed by atoms with E-state index in [1.165, 1.54) is 11.8 Å². The third-order valence-corrected chi connectivity index (χ3v) is 2.79. The highest BCUT2D eigenvalue weighted by Crippen LogP contribution is 2.28. The van der Waals surface area contributed by atoms with Crippen molar-refractivity contribution in [3.63, 3.8) is 0 Å². The highest BCUT2D eigenvalue weighted by molar-refractivity contribution is 5.95. The van der Waals surface area contributed by atoms with Crippen LogP contribution in [-0.2, 0) is 9.53 Å². The van der Waals surface area contributed by atoms with E-state index < -0.39 is 17.7 Å². The molecule has 5 heteroatoms. The summed E-state index contributed by atoms with van der Waals surface area (Å²) in [7, 11) is 0. The molecule has 0 radical (unpaired) electrons. The molecule has 1 amide bonds. The number of amides is 1. The molecule has 1 atom stereocenters. The van der Waals surface area contributed by atoms with Gasteiger partial charge < -0.3 is 9.84 Å². The fourth-order valence-electron chi connectivity index (χ4n) is 1.68. The lowest BCUT2D eigenvalue weighted by molar-refractivity contribution is -0.152. The van der Waals surface area contributed by atoms with Crippen molar-refractivity contribution in [1.29, 1.82) is 0 Å². The number of carboxylic acids is 1. The van der Waals surface area contributed by atoms with Crippen LogP contribution in [0.4, 0.5) is 10.5 Å². The van der Waals surface area contributed by atoms with E-state index in [2.05, 4.69) is 0 Å². The highest BCUT2D eigenvalue weighted by atomic mass is 16.6. The minimum atomic E-state index is -1.47. The van der Waals surface area contributed by atoms with Crippen LogP contribution < -0.4 is 4.90 Å². The van der Waals surface area contributed by atoms with E-state index in [0.717, 1.165) is 5.56 Å². The Morgan fingerprint density at radius 1 is 1.41 bits per heavy atom. The number of hydrogen-bond donors (Lipinski definition) is 1. The summed E-state index contributed by atoms with van der Waals surface area (Å²) in [4.78, 5) is 23.9. The number of rotatable bonds is 2. The smallest absolute Gasteiger partial charge is 0.415 e. The van der Waals surface area contributed by atoms with Crippen molar-refractivity contribution in [2.45, 2.75) is 19.4 Å². The first-order valence-electron chi connectivity index (χ1n) is 5.23. The van der Waals surface area contributed by atoms with Crippen molar-refractivity contribution in [3.8, 4) is 0 Å². The molecule has 1 aliphatic rings. The molecule has 1 saturated heterocycles. The second kappa shape index (κ2) is 3.76. The van der Waals surface area contributed by atoms with Crippen molar-refractivity contribution >= 4 is 17.7 Å². The monoisotopic (exact) mass is 235 g/mol. The predicted molar refractivity (Wildman–Crippen MR) is 61.0 cm³/mol. The molecule has 0 aromatic heterocycles. The summed E-state index contributed by atoms with van der Waals surface area (Å²) in [6.45, 7) is 3.35. The predicted octanol–water partition coefficient (Wildman–Crippen LogP) is 1.79. The number of aliphatic carboxylic acids is 1. The first-order chi connectivity index (χ1) is 7.92. The lowest BCUT2D eigenvalue weighted by Gasteiger charge is -2.16. The van der Waals surface area contributed by atoms with Crippen LogP contribution in [-0.4, -0.2) is 29.3 Å². The van der Waals surface area contributed by atoms with Crippen molar-refractivity contribution < 1.29 is 19.4 Å². The molecule has 1 aliphatic heterocycles. The van der Waals surface area contributed by atoms with E-state index in [-0.39, 0.29) is 6.54 Å². The van der Waals surface area contributed by atoms with Crippen LogP contribution in [0.5, 0.6) is 0 Å². The summed E-state index contributed by atoms with van der Waals surface area (Å²) < 4.78 is 4.89. The maximum atomic E-state index is 11.6. The second-order valence-corrected chi connectivity index (χ2v) is 4.33. The number of anilines is 1. The Morgan fingerprint density at radius 2 is 2.00 bits per heavy atom. The molecule has 0 bridgehead atoms. The van der Waals surface area contributed by atoms with E-state index in [9.17, 15) is 9.59 Å². The number of carboxylic acid groups (broad SMARTS) is 1. The Morgan fingerprint density at radius 3 is 2.47 bits per heavy atom. The molecule has 1 fully saturated rings. The van der Waals surface area contributed by atoms with Crippen LogP contribution in [0, 0.1) is 6.92 Å². The zero-order chi connectivity index (χ0) is 12.6. The van der Waals surface area contributed by atoms with Crippen molar-refractivity contribution in [1.82, 2.24) is 0 Å². The van der Waals surface area contributed by atoms with Gasteiger partial charge in [0.25, 0.3) is 0 Å². The fraction of sp³-hybridized carbons (Fsp3) is 0.333. The molecule has 0 aliphatic carbocycles. The quantitative estimate of drug-likeness (QED) is 0.848. The fourth-order valence-corrected chi connectivity index (χ4v) is 1.68. The van der Waals surface area contributed by atoms with E-state index in [0.29, 0.717) is 5.69 Å². The third kappa shape index (κ3) is 1.95. The van der Waals surface area contributed by atoms with Crippen LogP contribution in [0.15, 0.2) is 24.3 Å². The topological polar surface area (TPSA) is 66.8 Å². The second-order valence-electron chi connectivity index (χ2n) is 4.33. The van der Waals surface area contributed by atoms with Gasteiger partial charge in [-0.25, -0.2) is 9.59 Å². The zero-order valence-electron chi connectivity index (χ0n) is 9.64. The number of aryl methyl sites for hydroxylation is 1. The molecule has 1 aromatic rings. The molecule has 17 heavy (non-hydrogen) atoms. The summed E-state index contributed by atoms with van der Waals surface area (Å²) in [5.74, 6) is -1.14. The highest BCUT2D eigenvalue weighted by Gasteiger charge is 2.48. The third-order valence-electron chi connectivity index (χ3n) is 2.79. The van der Waals surface area contributed by atoms with Crippen molar-refractivity contribution in [2.75, 3.05) is 11.4 Å². The van der Waals surface area contributed by atoms with Gasteiger partial charge in [-0.3, -0.25) is 4.90 Å². The number of hydrogen-bond acceptors (Lipinski definition) is 3. The summed E-state index contributed by atoms with van der Waals surface area (Å²) in [6.07, 6.45) is -0.626. The molecule has 0 saturated carbocycles. The van der Waals surface area contributed by atoms with Gasteiger partial charge in [0.1, 0.15) is 0 Å². The Bertz CT molecular complexity index is 468. The normalized spacial score (nSPS) is 23.6. The van der Waals surface area contributed by atoms with Gasteiger partial charge >= 0.3 is 12.1 Å². The minimum absolute atomic E-state index is 0.0181. The largest absolute Gasteiger partial charge is 0.478 e. The van der Waals surface area contributed by atoms with Crippen LogP contribution in [0.2, 0.25) is 0 Å². The summed E-state index contributed by atoms with van der Waals surface area (Å²) in [5, 5.41) is 9.00. The van der Waals surface area contributed by atoms with E-state index in [1.54, 1.807) is 12.1 Å². The van der Waals surface area contributed by atoms with Gasteiger partial charge in [-0.15, -0.1) is 0 Å². The lowest BCUT2D eigenvalue weighted by atomic mass is 10.1. The molecule has 1 aromatic carbocycles. The van der Waals surface area contributed by atoms with Gasteiger partial charge in [-0.2, -0.15) is 0 Å². The minimum Gasteiger partial charge on any atom is -0.478 e. The molecule has 90 valence electrons. The molecular formula is C12H13NO4. The number of cyclic esters (lactones) is 1. The number of carbonyl (C=O) groups excluding carboxylic acids is 1. The van der Waals surface area contributed by atoms with Gasteiger partial charge in [0.15, 0.2) is 0 Å².